The number of aliphatic hydroxyl groups is 3. The fourth-order valence-electron chi connectivity index (χ4n) is 2.55. The van der Waals surface area contributed by atoms with Crippen LogP contribution in [-0.4, -0.2) is 58.4 Å². The van der Waals surface area contributed by atoms with Crippen LogP contribution < -0.4 is 5.32 Å². The molecule has 0 aromatic carbocycles. The van der Waals surface area contributed by atoms with E-state index in [4.69, 9.17) is 4.74 Å². The highest BCUT2D eigenvalue weighted by Crippen LogP contribution is 2.32. The minimum atomic E-state index is -1.10. The first-order chi connectivity index (χ1) is 8.16. The van der Waals surface area contributed by atoms with Crippen molar-refractivity contribution in [1.29, 1.82) is 0 Å². The summed E-state index contributed by atoms with van der Waals surface area (Å²) in [6.45, 7) is 2.76. The molecule has 0 amide bonds. The summed E-state index contributed by atoms with van der Waals surface area (Å²) in [5.74, 6) is 0. The molecule has 5 heteroatoms. The summed E-state index contributed by atoms with van der Waals surface area (Å²) in [6.07, 6.45) is 1.12. The maximum Gasteiger partial charge on any atom is 0.110 e. The molecule has 0 bridgehead atoms. The van der Waals surface area contributed by atoms with Gasteiger partial charge in [0.05, 0.1) is 18.2 Å². The third kappa shape index (κ3) is 2.80. The Bertz CT molecular complexity index is 251. The molecule has 17 heavy (non-hydrogen) atoms. The summed E-state index contributed by atoms with van der Waals surface area (Å²) >= 11 is 0. The van der Waals surface area contributed by atoms with E-state index in [2.05, 4.69) is 12.2 Å². The van der Waals surface area contributed by atoms with Crippen molar-refractivity contribution in [3.05, 3.63) is 0 Å². The van der Waals surface area contributed by atoms with E-state index in [9.17, 15) is 15.3 Å². The Morgan fingerprint density at radius 3 is 2.41 bits per heavy atom. The number of hydrogen-bond acceptors (Lipinski definition) is 5. The maximum atomic E-state index is 9.83. The van der Waals surface area contributed by atoms with E-state index in [1.807, 2.05) is 0 Å². The van der Waals surface area contributed by atoms with Crippen LogP contribution in [0.15, 0.2) is 0 Å². The highest BCUT2D eigenvalue weighted by Gasteiger charge is 2.58. The minimum Gasteiger partial charge on any atom is -0.389 e. The van der Waals surface area contributed by atoms with Gasteiger partial charge in [-0.1, -0.05) is 26.2 Å². The molecule has 0 radical (unpaired) electrons. The van der Waals surface area contributed by atoms with E-state index in [-0.39, 0.29) is 18.2 Å². The second kappa shape index (κ2) is 5.63. The monoisotopic (exact) mass is 245 g/mol. The van der Waals surface area contributed by atoms with Crippen LogP contribution in [0.4, 0.5) is 0 Å². The normalized spacial score (nSPS) is 44.5. The summed E-state index contributed by atoms with van der Waals surface area (Å²) in [5, 5.41) is 32.1. The van der Waals surface area contributed by atoms with Gasteiger partial charge in [0.2, 0.25) is 0 Å². The number of hydrogen-bond donors (Lipinski definition) is 4. The van der Waals surface area contributed by atoms with Gasteiger partial charge in [-0.3, -0.25) is 0 Å². The van der Waals surface area contributed by atoms with Crippen LogP contribution >= 0.6 is 0 Å². The third-order valence-corrected chi connectivity index (χ3v) is 3.73. The zero-order valence-electron chi connectivity index (χ0n) is 10.2. The fraction of sp³-hybridized carbons (Fsp3) is 1.00. The van der Waals surface area contributed by atoms with Crippen molar-refractivity contribution in [3.63, 3.8) is 0 Å². The molecule has 0 aromatic rings. The molecule has 2 rings (SSSR count). The van der Waals surface area contributed by atoms with Crippen LogP contribution in [0, 0.1) is 0 Å². The zero-order valence-corrected chi connectivity index (χ0v) is 10.2. The van der Waals surface area contributed by atoms with Crippen molar-refractivity contribution < 1.29 is 20.1 Å². The van der Waals surface area contributed by atoms with Crippen molar-refractivity contribution in [1.82, 2.24) is 5.32 Å². The van der Waals surface area contributed by atoms with Crippen LogP contribution in [0.3, 0.4) is 0 Å². The van der Waals surface area contributed by atoms with Gasteiger partial charge in [0.15, 0.2) is 0 Å². The Balaban J connectivity index is 1.73. The van der Waals surface area contributed by atoms with E-state index < -0.39 is 18.3 Å². The molecule has 1 saturated carbocycles. The maximum absolute atomic E-state index is 9.83. The molecule has 2 aliphatic rings. The van der Waals surface area contributed by atoms with Gasteiger partial charge in [0.25, 0.3) is 0 Å². The second-order valence-electron chi connectivity index (χ2n) is 5.09. The molecule has 0 aromatic heterocycles. The van der Waals surface area contributed by atoms with Crippen LogP contribution in [0.5, 0.6) is 0 Å². The van der Waals surface area contributed by atoms with Gasteiger partial charge in [-0.25, -0.2) is 0 Å². The molecular formula is C12H23NO4. The highest BCUT2D eigenvalue weighted by atomic mass is 16.5. The molecule has 0 spiro atoms. The van der Waals surface area contributed by atoms with Gasteiger partial charge in [0.1, 0.15) is 18.3 Å². The largest absolute Gasteiger partial charge is 0.389 e. The Kier molecular flexibility index (Phi) is 4.38. The van der Waals surface area contributed by atoms with Gasteiger partial charge in [-0.05, 0) is 6.42 Å². The van der Waals surface area contributed by atoms with Gasteiger partial charge in [-0.15, -0.1) is 0 Å². The molecular weight excluding hydrogens is 222 g/mol. The van der Waals surface area contributed by atoms with E-state index in [0.29, 0.717) is 6.61 Å². The molecule has 100 valence electrons. The molecule has 1 heterocycles. The van der Waals surface area contributed by atoms with E-state index in [1.54, 1.807) is 0 Å². The van der Waals surface area contributed by atoms with E-state index in [1.165, 1.54) is 12.8 Å². The molecule has 6 atom stereocenters. The predicted molar refractivity (Wildman–Crippen MR) is 62.6 cm³/mol. The number of ether oxygens (including phenoxy) is 1. The lowest BCUT2D eigenvalue weighted by Crippen LogP contribution is -2.54. The first kappa shape index (κ1) is 13.2. The number of fused-ring (bicyclic) bond motifs is 1. The van der Waals surface area contributed by atoms with Crippen molar-refractivity contribution in [2.75, 3.05) is 6.61 Å². The summed E-state index contributed by atoms with van der Waals surface area (Å²) in [4.78, 5) is 0. The number of rotatable bonds is 6. The summed E-state index contributed by atoms with van der Waals surface area (Å²) in [6, 6.07) is -0.122. The zero-order chi connectivity index (χ0) is 12.4. The van der Waals surface area contributed by atoms with E-state index >= 15 is 0 Å². The second-order valence-corrected chi connectivity index (χ2v) is 5.09. The van der Waals surface area contributed by atoms with Crippen LogP contribution in [0.2, 0.25) is 0 Å². The van der Waals surface area contributed by atoms with Crippen molar-refractivity contribution in [3.8, 4) is 0 Å². The fourth-order valence-corrected chi connectivity index (χ4v) is 2.55. The average molecular weight is 245 g/mol. The Labute approximate surface area is 102 Å². The Morgan fingerprint density at radius 1 is 0.941 bits per heavy atom. The average Bonchev–Trinajstić information content (AvgIpc) is 3.10. The first-order valence-corrected chi connectivity index (χ1v) is 6.58. The van der Waals surface area contributed by atoms with Gasteiger partial charge >= 0.3 is 0 Å². The number of aliphatic hydroxyl groups excluding tert-OH is 3. The molecule has 1 aliphatic carbocycles. The van der Waals surface area contributed by atoms with Gasteiger partial charge < -0.3 is 25.4 Å². The lowest BCUT2D eigenvalue weighted by atomic mass is 9.89. The minimum absolute atomic E-state index is 0.00502. The lowest BCUT2D eigenvalue weighted by Gasteiger charge is -2.33. The Hall–Kier alpha value is -0.200. The summed E-state index contributed by atoms with van der Waals surface area (Å²) < 4.78 is 5.63. The quantitative estimate of drug-likeness (QED) is 0.370. The molecule has 2 fully saturated rings. The Morgan fingerprint density at radius 2 is 1.71 bits per heavy atom. The molecule has 5 nitrogen and oxygen atoms in total. The predicted octanol–water partition coefficient (Wildman–Crippen LogP) is -0.611. The van der Waals surface area contributed by atoms with Gasteiger partial charge in [0, 0.05) is 6.61 Å². The molecule has 1 aliphatic heterocycles. The summed E-state index contributed by atoms with van der Waals surface area (Å²) in [5.41, 5.74) is 0. The van der Waals surface area contributed by atoms with E-state index in [0.717, 1.165) is 12.8 Å². The standard InChI is InChI=1S/C12H23NO4/c1-2-3-4-5-6-17-12-8-7(13-8)9(14)10(15)11(12)16/h7-16H,2-6H2,1H3/t7?,8?,9-,10+,11-,12-/m0/s1. The number of unbranched alkanes of at least 4 members (excludes halogenated alkanes) is 3. The van der Waals surface area contributed by atoms with Gasteiger partial charge in [-0.2, -0.15) is 0 Å². The van der Waals surface area contributed by atoms with Crippen molar-refractivity contribution >= 4 is 0 Å². The summed E-state index contributed by atoms with van der Waals surface area (Å²) in [7, 11) is 0. The van der Waals surface area contributed by atoms with Crippen LogP contribution in [0.25, 0.3) is 0 Å². The third-order valence-electron chi connectivity index (χ3n) is 3.73. The SMILES string of the molecule is CCCCCCO[C@H]1C2NC2[C@H](O)[C@@H](O)[C@@H]1O. The highest BCUT2D eigenvalue weighted by molar-refractivity contribution is 5.16. The van der Waals surface area contributed by atoms with Crippen molar-refractivity contribution in [2.45, 2.75) is 69.1 Å². The molecule has 1 saturated heterocycles. The molecule has 2 unspecified atom stereocenters. The first-order valence-electron chi connectivity index (χ1n) is 6.58. The van der Waals surface area contributed by atoms with Crippen LogP contribution in [-0.2, 0) is 4.74 Å². The molecule has 4 N–H and O–H groups in total. The topological polar surface area (TPSA) is 91.9 Å². The van der Waals surface area contributed by atoms with Crippen molar-refractivity contribution in [2.24, 2.45) is 0 Å². The van der Waals surface area contributed by atoms with Crippen LogP contribution in [0.1, 0.15) is 32.6 Å². The number of nitrogens with one attached hydrogen (secondary N) is 1. The lowest BCUT2D eigenvalue weighted by molar-refractivity contribution is -0.140. The smallest absolute Gasteiger partial charge is 0.110 e.